The third-order valence-electron chi connectivity index (χ3n) is 3.31. The number of nitrogens with zero attached hydrogens (tertiary/aromatic N) is 1. The van der Waals surface area contributed by atoms with Crippen molar-refractivity contribution in [3.63, 3.8) is 0 Å². The van der Waals surface area contributed by atoms with E-state index in [-0.39, 0.29) is 0 Å². The second-order valence-electron chi connectivity index (χ2n) is 6.81. The molecule has 1 amide bonds. The summed E-state index contributed by atoms with van der Waals surface area (Å²) in [5.74, 6) is 1.58. The van der Waals surface area contributed by atoms with Gasteiger partial charge in [-0.25, -0.2) is 4.79 Å². The number of amides is 1. The number of carbonyl (C=O) groups is 1. The number of benzene rings is 1. The predicted octanol–water partition coefficient (Wildman–Crippen LogP) is 2.58. The number of rotatable bonds is 7. The summed E-state index contributed by atoms with van der Waals surface area (Å²) >= 11 is 0. The number of aryl methyl sites for hydroxylation is 1. The van der Waals surface area contributed by atoms with Crippen LogP contribution >= 0.6 is 0 Å². The first kappa shape index (κ1) is 21.6. The van der Waals surface area contributed by atoms with E-state index in [1.165, 1.54) is 0 Å². The molecule has 0 spiro atoms. The summed E-state index contributed by atoms with van der Waals surface area (Å²) in [6, 6.07) is 6.11. The van der Waals surface area contributed by atoms with Gasteiger partial charge in [0.25, 0.3) is 0 Å². The lowest BCUT2D eigenvalue weighted by Gasteiger charge is -2.20. The zero-order valence-corrected chi connectivity index (χ0v) is 16.7. The molecule has 0 bridgehead atoms. The molecule has 1 aromatic rings. The fraction of sp³-hybridized carbons (Fsp3) is 0.579. The highest BCUT2D eigenvalue weighted by molar-refractivity contribution is 5.79. The zero-order valence-electron chi connectivity index (χ0n) is 16.7. The van der Waals surface area contributed by atoms with Crippen LogP contribution in [0.5, 0.6) is 5.75 Å². The number of ether oxygens (including phenoxy) is 2. The Hall–Kier alpha value is -2.44. The molecular formula is C19H32N4O3. The maximum absolute atomic E-state index is 11.6. The highest BCUT2D eigenvalue weighted by atomic mass is 16.6. The van der Waals surface area contributed by atoms with E-state index in [0.29, 0.717) is 32.2 Å². The van der Waals surface area contributed by atoms with Gasteiger partial charge in [-0.15, -0.1) is 0 Å². The first-order chi connectivity index (χ1) is 12.2. The molecule has 7 nitrogen and oxygen atoms in total. The monoisotopic (exact) mass is 364 g/mol. The van der Waals surface area contributed by atoms with Crippen molar-refractivity contribution in [1.82, 2.24) is 16.0 Å². The van der Waals surface area contributed by atoms with Crippen LogP contribution in [0.25, 0.3) is 0 Å². The van der Waals surface area contributed by atoms with Gasteiger partial charge >= 0.3 is 6.09 Å². The van der Waals surface area contributed by atoms with Crippen molar-refractivity contribution >= 4 is 12.1 Å². The Bertz CT molecular complexity index is 609. The van der Waals surface area contributed by atoms with Crippen molar-refractivity contribution < 1.29 is 14.3 Å². The van der Waals surface area contributed by atoms with Crippen molar-refractivity contribution in [2.45, 2.75) is 46.8 Å². The summed E-state index contributed by atoms with van der Waals surface area (Å²) in [7, 11) is 1.71. The summed E-state index contributed by atoms with van der Waals surface area (Å²) in [5, 5.41) is 9.09. The average Bonchev–Trinajstić information content (AvgIpc) is 2.55. The SMILES string of the molecule is CCOc1ccc(CNC(=NC)NCCNC(=O)OC(C)(C)C)cc1C. The molecule has 7 heteroatoms. The lowest BCUT2D eigenvalue weighted by atomic mass is 10.1. The van der Waals surface area contributed by atoms with E-state index in [1.54, 1.807) is 7.05 Å². The molecule has 0 heterocycles. The fourth-order valence-electron chi connectivity index (χ4n) is 2.20. The van der Waals surface area contributed by atoms with E-state index in [2.05, 4.69) is 27.0 Å². The van der Waals surface area contributed by atoms with Gasteiger partial charge in [-0.3, -0.25) is 4.99 Å². The number of carbonyl (C=O) groups excluding carboxylic acids is 1. The third-order valence-corrected chi connectivity index (χ3v) is 3.31. The zero-order chi connectivity index (χ0) is 19.6. The van der Waals surface area contributed by atoms with Crippen LogP contribution in [0.15, 0.2) is 23.2 Å². The molecule has 1 aromatic carbocycles. The predicted molar refractivity (Wildman–Crippen MR) is 105 cm³/mol. The second-order valence-corrected chi connectivity index (χ2v) is 6.81. The Morgan fingerprint density at radius 3 is 2.42 bits per heavy atom. The smallest absolute Gasteiger partial charge is 0.407 e. The number of aliphatic imine (C=N–C) groups is 1. The Kier molecular flexibility index (Phi) is 8.75. The quantitative estimate of drug-likeness (QED) is 0.393. The standard InChI is InChI=1S/C19H32N4O3/c1-7-25-16-9-8-15(12-14(16)2)13-23-17(20-6)21-10-11-22-18(24)26-19(3,4)5/h8-9,12H,7,10-11,13H2,1-6H3,(H,22,24)(H2,20,21,23). The van der Waals surface area contributed by atoms with Gasteiger partial charge in [0.15, 0.2) is 5.96 Å². The normalized spacial score (nSPS) is 11.7. The third kappa shape index (κ3) is 8.60. The van der Waals surface area contributed by atoms with Gasteiger partial charge < -0.3 is 25.4 Å². The molecule has 146 valence electrons. The molecule has 0 aromatic heterocycles. The van der Waals surface area contributed by atoms with E-state index in [0.717, 1.165) is 16.9 Å². The molecule has 0 unspecified atom stereocenters. The highest BCUT2D eigenvalue weighted by Gasteiger charge is 2.15. The van der Waals surface area contributed by atoms with E-state index in [4.69, 9.17) is 9.47 Å². The van der Waals surface area contributed by atoms with Gasteiger partial charge in [-0.2, -0.15) is 0 Å². The Labute approximate surface area is 156 Å². The molecule has 0 saturated carbocycles. The molecule has 0 fully saturated rings. The number of nitrogens with one attached hydrogen (secondary N) is 3. The minimum atomic E-state index is -0.495. The first-order valence-corrected chi connectivity index (χ1v) is 8.89. The molecule has 0 aliphatic carbocycles. The summed E-state index contributed by atoms with van der Waals surface area (Å²) in [5.41, 5.74) is 1.75. The van der Waals surface area contributed by atoms with Crippen LogP contribution < -0.4 is 20.7 Å². The van der Waals surface area contributed by atoms with Crippen LogP contribution in [0.3, 0.4) is 0 Å². The minimum absolute atomic E-state index is 0.424. The van der Waals surface area contributed by atoms with E-state index >= 15 is 0 Å². The van der Waals surface area contributed by atoms with Crippen molar-refractivity contribution in [2.75, 3.05) is 26.7 Å². The van der Waals surface area contributed by atoms with Crippen LogP contribution in [0, 0.1) is 6.92 Å². The summed E-state index contributed by atoms with van der Waals surface area (Å²) in [6.07, 6.45) is -0.424. The van der Waals surface area contributed by atoms with Crippen LogP contribution in [-0.4, -0.2) is 44.4 Å². The largest absolute Gasteiger partial charge is 0.494 e. The Morgan fingerprint density at radius 1 is 1.15 bits per heavy atom. The topological polar surface area (TPSA) is 84.0 Å². The van der Waals surface area contributed by atoms with E-state index in [9.17, 15) is 4.79 Å². The number of hydrogen-bond acceptors (Lipinski definition) is 4. The van der Waals surface area contributed by atoms with Gasteiger partial charge in [0, 0.05) is 26.7 Å². The fourth-order valence-corrected chi connectivity index (χ4v) is 2.20. The average molecular weight is 364 g/mol. The van der Waals surface area contributed by atoms with Gasteiger partial charge in [0.1, 0.15) is 11.4 Å². The number of alkyl carbamates (subject to hydrolysis) is 1. The minimum Gasteiger partial charge on any atom is -0.494 e. The molecule has 0 saturated heterocycles. The molecule has 1 rings (SSSR count). The lowest BCUT2D eigenvalue weighted by Crippen LogP contribution is -2.42. The molecule has 3 N–H and O–H groups in total. The molecule has 0 aliphatic heterocycles. The first-order valence-electron chi connectivity index (χ1n) is 8.89. The van der Waals surface area contributed by atoms with Crippen molar-refractivity contribution in [3.05, 3.63) is 29.3 Å². The van der Waals surface area contributed by atoms with Crippen molar-refractivity contribution in [3.8, 4) is 5.75 Å². The van der Waals surface area contributed by atoms with Crippen LogP contribution in [0.1, 0.15) is 38.8 Å². The Balaban J connectivity index is 2.35. The maximum atomic E-state index is 11.6. The van der Waals surface area contributed by atoms with E-state index < -0.39 is 11.7 Å². The molecule has 0 atom stereocenters. The van der Waals surface area contributed by atoms with Crippen LogP contribution in [0.2, 0.25) is 0 Å². The van der Waals surface area contributed by atoms with Gasteiger partial charge in [0.05, 0.1) is 6.61 Å². The van der Waals surface area contributed by atoms with Gasteiger partial charge in [-0.05, 0) is 51.8 Å². The highest BCUT2D eigenvalue weighted by Crippen LogP contribution is 2.18. The van der Waals surface area contributed by atoms with Crippen molar-refractivity contribution in [1.29, 1.82) is 0 Å². The van der Waals surface area contributed by atoms with Gasteiger partial charge in [0.2, 0.25) is 0 Å². The summed E-state index contributed by atoms with van der Waals surface area (Å²) in [6.45, 7) is 11.8. The maximum Gasteiger partial charge on any atom is 0.407 e. The van der Waals surface area contributed by atoms with Crippen molar-refractivity contribution in [2.24, 2.45) is 4.99 Å². The van der Waals surface area contributed by atoms with Crippen LogP contribution in [0.4, 0.5) is 4.79 Å². The number of hydrogen-bond donors (Lipinski definition) is 3. The number of guanidine groups is 1. The van der Waals surface area contributed by atoms with E-state index in [1.807, 2.05) is 46.8 Å². The second kappa shape index (κ2) is 10.5. The lowest BCUT2D eigenvalue weighted by molar-refractivity contribution is 0.0529. The van der Waals surface area contributed by atoms with Crippen LogP contribution in [-0.2, 0) is 11.3 Å². The molecule has 0 aliphatic rings. The molecule has 26 heavy (non-hydrogen) atoms. The molecular weight excluding hydrogens is 332 g/mol. The molecule has 0 radical (unpaired) electrons. The van der Waals surface area contributed by atoms with Gasteiger partial charge in [-0.1, -0.05) is 12.1 Å². The summed E-state index contributed by atoms with van der Waals surface area (Å²) in [4.78, 5) is 15.7. The summed E-state index contributed by atoms with van der Waals surface area (Å²) < 4.78 is 10.7. The Morgan fingerprint density at radius 2 is 1.85 bits per heavy atom.